The number of halogens is 3. The van der Waals surface area contributed by atoms with E-state index in [9.17, 15) is 18.0 Å². The Morgan fingerprint density at radius 1 is 1.32 bits per heavy atom. The van der Waals surface area contributed by atoms with Crippen LogP contribution in [0.4, 0.5) is 18.9 Å². The predicted octanol–water partition coefficient (Wildman–Crippen LogP) is 1.92. The molecule has 0 fully saturated rings. The molecule has 1 rings (SSSR count). The third-order valence-electron chi connectivity index (χ3n) is 2.02. The summed E-state index contributed by atoms with van der Waals surface area (Å²) in [5.41, 5.74) is 5.37. The first-order valence-electron chi connectivity index (χ1n) is 5.20. The molecule has 1 aromatic carbocycles. The molecule has 19 heavy (non-hydrogen) atoms. The number of carbonyl (C=O) groups is 1. The van der Waals surface area contributed by atoms with E-state index in [-0.39, 0.29) is 30.2 Å². The summed E-state index contributed by atoms with van der Waals surface area (Å²) in [4.78, 5) is 10.8. The molecule has 1 aromatic rings. The zero-order valence-corrected chi connectivity index (χ0v) is 9.74. The second-order valence-corrected chi connectivity index (χ2v) is 3.57. The van der Waals surface area contributed by atoms with Gasteiger partial charge in [0.2, 0.25) is 0 Å². The molecule has 0 aromatic heterocycles. The average molecular weight is 279 g/mol. The Bertz CT molecular complexity index is 448. The van der Waals surface area contributed by atoms with E-state index in [2.05, 4.69) is 4.74 Å². The van der Waals surface area contributed by atoms with Gasteiger partial charge in [-0.2, -0.15) is 13.2 Å². The van der Waals surface area contributed by atoms with Crippen LogP contribution in [-0.2, 0) is 4.74 Å². The van der Waals surface area contributed by atoms with E-state index in [0.717, 1.165) is 0 Å². The van der Waals surface area contributed by atoms with Crippen molar-refractivity contribution in [2.45, 2.75) is 6.18 Å². The molecule has 106 valence electrons. The summed E-state index contributed by atoms with van der Waals surface area (Å²) in [5, 5.41) is 8.80. The van der Waals surface area contributed by atoms with E-state index in [0.29, 0.717) is 0 Å². The van der Waals surface area contributed by atoms with Gasteiger partial charge in [-0.3, -0.25) is 0 Å². The molecule has 0 atom stereocenters. The molecular weight excluding hydrogens is 267 g/mol. The van der Waals surface area contributed by atoms with Crippen molar-refractivity contribution in [2.24, 2.45) is 0 Å². The number of nitrogens with two attached hydrogens (primary N) is 1. The Kier molecular flexibility index (Phi) is 4.99. The van der Waals surface area contributed by atoms with Crippen molar-refractivity contribution in [3.8, 4) is 5.75 Å². The summed E-state index contributed by atoms with van der Waals surface area (Å²) < 4.78 is 44.6. The van der Waals surface area contributed by atoms with Gasteiger partial charge in [-0.25, -0.2) is 4.79 Å². The number of aromatic carboxylic acids is 1. The van der Waals surface area contributed by atoms with Crippen LogP contribution in [0.15, 0.2) is 18.2 Å². The lowest BCUT2D eigenvalue weighted by Gasteiger charge is -2.10. The first-order chi connectivity index (χ1) is 8.79. The fourth-order valence-electron chi connectivity index (χ4n) is 1.22. The van der Waals surface area contributed by atoms with Crippen LogP contribution in [0.2, 0.25) is 0 Å². The maximum atomic E-state index is 11.7. The Morgan fingerprint density at radius 3 is 2.58 bits per heavy atom. The van der Waals surface area contributed by atoms with Crippen LogP contribution in [-0.4, -0.2) is 37.1 Å². The molecule has 0 aliphatic carbocycles. The van der Waals surface area contributed by atoms with Crippen LogP contribution in [0.5, 0.6) is 5.75 Å². The van der Waals surface area contributed by atoms with E-state index in [1.54, 1.807) is 0 Å². The molecule has 0 saturated carbocycles. The van der Waals surface area contributed by atoms with Crippen LogP contribution >= 0.6 is 0 Å². The van der Waals surface area contributed by atoms with Gasteiger partial charge in [0, 0.05) is 5.69 Å². The van der Waals surface area contributed by atoms with Crippen LogP contribution in [0.3, 0.4) is 0 Å². The van der Waals surface area contributed by atoms with E-state index < -0.39 is 18.8 Å². The Hall–Kier alpha value is -1.96. The van der Waals surface area contributed by atoms with Gasteiger partial charge in [0.15, 0.2) is 0 Å². The van der Waals surface area contributed by atoms with Crippen LogP contribution < -0.4 is 10.5 Å². The zero-order chi connectivity index (χ0) is 14.5. The summed E-state index contributed by atoms with van der Waals surface area (Å²) in [6.07, 6.45) is -4.38. The lowest BCUT2D eigenvalue weighted by molar-refractivity contribution is -0.175. The van der Waals surface area contributed by atoms with Crippen molar-refractivity contribution in [3.05, 3.63) is 23.8 Å². The SMILES string of the molecule is Nc1ccc(OCCOCC(F)(F)F)cc1C(=O)O. The van der Waals surface area contributed by atoms with E-state index in [1.165, 1.54) is 18.2 Å². The lowest BCUT2D eigenvalue weighted by atomic mass is 10.2. The average Bonchev–Trinajstić information content (AvgIpc) is 2.29. The van der Waals surface area contributed by atoms with Crippen molar-refractivity contribution >= 4 is 11.7 Å². The van der Waals surface area contributed by atoms with E-state index in [1.807, 2.05) is 0 Å². The second-order valence-electron chi connectivity index (χ2n) is 3.57. The maximum absolute atomic E-state index is 11.7. The van der Waals surface area contributed by atoms with Crippen LogP contribution in [0.1, 0.15) is 10.4 Å². The molecule has 0 heterocycles. The van der Waals surface area contributed by atoms with Gasteiger partial charge in [0.25, 0.3) is 0 Å². The fourth-order valence-corrected chi connectivity index (χ4v) is 1.22. The maximum Gasteiger partial charge on any atom is 0.411 e. The molecule has 0 amide bonds. The fraction of sp³-hybridized carbons (Fsp3) is 0.364. The number of nitrogen functional groups attached to an aromatic ring is 1. The number of ether oxygens (including phenoxy) is 2. The summed E-state index contributed by atoms with van der Waals surface area (Å²) in [7, 11) is 0. The van der Waals surface area contributed by atoms with Crippen molar-refractivity contribution in [3.63, 3.8) is 0 Å². The first kappa shape index (κ1) is 15.1. The number of carboxylic acids is 1. The molecule has 0 unspecified atom stereocenters. The first-order valence-corrected chi connectivity index (χ1v) is 5.20. The molecule has 3 N–H and O–H groups in total. The number of alkyl halides is 3. The normalized spacial score (nSPS) is 11.3. The molecule has 0 saturated heterocycles. The number of rotatable bonds is 6. The lowest BCUT2D eigenvalue weighted by Crippen LogP contribution is -2.19. The summed E-state index contributed by atoms with van der Waals surface area (Å²) in [5.74, 6) is -1.02. The number of carboxylic acid groups (broad SMARTS) is 1. The molecule has 5 nitrogen and oxygen atoms in total. The molecule has 0 spiro atoms. The molecule has 0 aliphatic heterocycles. The molecular formula is C11H12F3NO4. The predicted molar refractivity (Wildman–Crippen MR) is 60.2 cm³/mol. The summed E-state index contributed by atoms with van der Waals surface area (Å²) in [6, 6.07) is 3.96. The number of hydrogen-bond acceptors (Lipinski definition) is 4. The molecule has 0 bridgehead atoms. The molecule has 8 heteroatoms. The van der Waals surface area contributed by atoms with Gasteiger partial charge < -0.3 is 20.3 Å². The second kappa shape index (κ2) is 6.28. The van der Waals surface area contributed by atoms with Gasteiger partial charge in [0.05, 0.1) is 12.2 Å². The highest BCUT2D eigenvalue weighted by molar-refractivity contribution is 5.94. The minimum Gasteiger partial charge on any atom is -0.491 e. The summed E-state index contributed by atoms with van der Waals surface area (Å²) >= 11 is 0. The quantitative estimate of drug-likeness (QED) is 0.614. The third-order valence-corrected chi connectivity index (χ3v) is 2.02. The zero-order valence-electron chi connectivity index (χ0n) is 9.74. The number of anilines is 1. The van der Waals surface area contributed by atoms with Crippen LogP contribution in [0.25, 0.3) is 0 Å². The Labute approximate surface area is 106 Å². The standard InChI is InChI=1S/C11H12F3NO4/c12-11(13,14)6-18-3-4-19-7-1-2-9(15)8(5-7)10(16)17/h1-2,5H,3-4,6,15H2,(H,16,17). The minimum atomic E-state index is -4.38. The monoisotopic (exact) mass is 279 g/mol. The van der Waals surface area contributed by atoms with Crippen LogP contribution in [0, 0.1) is 0 Å². The van der Waals surface area contributed by atoms with Gasteiger partial charge in [-0.05, 0) is 18.2 Å². The van der Waals surface area contributed by atoms with Gasteiger partial charge in [-0.1, -0.05) is 0 Å². The largest absolute Gasteiger partial charge is 0.491 e. The van der Waals surface area contributed by atoms with Crippen molar-refractivity contribution in [1.29, 1.82) is 0 Å². The highest BCUT2D eigenvalue weighted by atomic mass is 19.4. The number of benzene rings is 1. The van der Waals surface area contributed by atoms with E-state index >= 15 is 0 Å². The van der Waals surface area contributed by atoms with Gasteiger partial charge in [0.1, 0.15) is 19.0 Å². The molecule has 0 aliphatic rings. The Balaban J connectivity index is 2.42. The summed E-state index contributed by atoms with van der Waals surface area (Å²) in [6.45, 7) is -1.73. The highest BCUT2D eigenvalue weighted by Crippen LogP contribution is 2.20. The van der Waals surface area contributed by atoms with Crippen molar-refractivity contribution in [1.82, 2.24) is 0 Å². The Morgan fingerprint density at radius 2 is 2.00 bits per heavy atom. The van der Waals surface area contributed by atoms with Gasteiger partial charge in [-0.15, -0.1) is 0 Å². The van der Waals surface area contributed by atoms with Crippen molar-refractivity contribution in [2.75, 3.05) is 25.6 Å². The molecule has 0 radical (unpaired) electrons. The highest BCUT2D eigenvalue weighted by Gasteiger charge is 2.27. The topological polar surface area (TPSA) is 81.8 Å². The van der Waals surface area contributed by atoms with E-state index in [4.69, 9.17) is 15.6 Å². The third kappa shape index (κ3) is 5.47. The number of hydrogen-bond donors (Lipinski definition) is 2. The smallest absolute Gasteiger partial charge is 0.411 e. The van der Waals surface area contributed by atoms with Crippen molar-refractivity contribution < 1.29 is 32.5 Å². The minimum absolute atomic E-state index is 0.0770. The van der Waals surface area contributed by atoms with Gasteiger partial charge >= 0.3 is 12.1 Å².